The van der Waals surface area contributed by atoms with Crippen molar-refractivity contribution in [3.63, 3.8) is 0 Å². The van der Waals surface area contributed by atoms with E-state index in [0.717, 1.165) is 11.6 Å². The van der Waals surface area contributed by atoms with Gasteiger partial charge in [0.1, 0.15) is 0 Å². The van der Waals surface area contributed by atoms with Crippen LogP contribution in [-0.4, -0.2) is 6.04 Å². The second kappa shape index (κ2) is 4.74. The molecule has 1 aromatic carbocycles. The molecule has 0 aliphatic carbocycles. The Balaban J connectivity index is 2.40. The summed E-state index contributed by atoms with van der Waals surface area (Å²) in [5, 5.41) is 5.60. The Morgan fingerprint density at radius 3 is 2.75 bits per heavy atom. The van der Waals surface area contributed by atoms with Crippen LogP contribution in [0.4, 0.5) is 0 Å². The smallest absolute Gasteiger partial charge is 0.0584 e. The van der Waals surface area contributed by atoms with Crippen LogP contribution in [0.25, 0.3) is 10.1 Å². The average Bonchev–Trinajstić information content (AvgIpc) is 2.55. The standard InChI is InChI=1S/C13H16ClNS/c1-8(2)15-7-12-9(3)10-5-4-6-11(14)13(10)16-12/h4-6,8,15H,7H2,1-3H3. The van der Waals surface area contributed by atoms with Gasteiger partial charge in [-0.2, -0.15) is 0 Å². The Labute approximate surface area is 105 Å². The van der Waals surface area contributed by atoms with Gasteiger partial charge in [0.2, 0.25) is 0 Å². The van der Waals surface area contributed by atoms with E-state index in [0.29, 0.717) is 6.04 Å². The maximum atomic E-state index is 6.20. The zero-order valence-electron chi connectivity index (χ0n) is 9.80. The third kappa shape index (κ3) is 2.24. The van der Waals surface area contributed by atoms with Crippen molar-refractivity contribution in [2.24, 2.45) is 0 Å². The van der Waals surface area contributed by atoms with Crippen LogP contribution in [0, 0.1) is 6.92 Å². The van der Waals surface area contributed by atoms with Gasteiger partial charge in [-0.1, -0.05) is 37.6 Å². The van der Waals surface area contributed by atoms with E-state index in [1.807, 2.05) is 12.1 Å². The molecule has 0 amide bonds. The molecule has 0 saturated heterocycles. The van der Waals surface area contributed by atoms with E-state index in [9.17, 15) is 0 Å². The number of rotatable bonds is 3. The molecule has 16 heavy (non-hydrogen) atoms. The maximum Gasteiger partial charge on any atom is 0.0584 e. The largest absolute Gasteiger partial charge is 0.310 e. The summed E-state index contributed by atoms with van der Waals surface area (Å²) in [6.07, 6.45) is 0. The van der Waals surface area contributed by atoms with Gasteiger partial charge in [-0.05, 0) is 23.9 Å². The molecular weight excluding hydrogens is 238 g/mol. The molecule has 0 saturated carbocycles. The lowest BCUT2D eigenvalue weighted by Crippen LogP contribution is -2.21. The van der Waals surface area contributed by atoms with Crippen molar-refractivity contribution in [3.8, 4) is 0 Å². The highest BCUT2D eigenvalue weighted by molar-refractivity contribution is 7.20. The van der Waals surface area contributed by atoms with Crippen molar-refractivity contribution in [1.82, 2.24) is 5.32 Å². The predicted octanol–water partition coefficient (Wildman–Crippen LogP) is 4.36. The topological polar surface area (TPSA) is 12.0 Å². The van der Waals surface area contributed by atoms with E-state index in [4.69, 9.17) is 11.6 Å². The first kappa shape index (κ1) is 11.9. The molecule has 0 atom stereocenters. The minimum Gasteiger partial charge on any atom is -0.310 e. The van der Waals surface area contributed by atoms with Gasteiger partial charge >= 0.3 is 0 Å². The van der Waals surface area contributed by atoms with Crippen LogP contribution in [0.2, 0.25) is 5.02 Å². The summed E-state index contributed by atoms with van der Waals surface area (Å²) >= 11 is 7.99. The third-order valence-corrected chi connectivity index (χ3v) is 4.45. The minimum atomic E-state index is 0.514. The fraction of sp³-hybridized carbons (Fsp3) is 0.385. The van der Waals surface area contributed by atoms with Gasteiger partial charge in [0.05, 0.1) is 9.72 Å². The van der Waals surface area contributed by atoms with Gasteiger partial charge in [-0.15, -0.1) is 11.3 Å². The predicted molar refractivity (Wildman–Crippen MR) is 73.5 cm³/mol. The zero-order chi connectivity index (χ0) is 11.7. The Bertz CT molecular complexity index is 502. The van der Waals surface area contributed by atoms with Crippen molar-refractivity contribution in [3.05, 3.63) is 33.7 Å². The van der Waals surface area contributed by atoms with Crippen LogP contribution < -0.4 is 5.32 Å². The van der Waals surface area contributed by atoms with Gasteiger partial charge in [0, 0.05) is 17.5 Å². The fourth-order valence-corrected chi connectivity index (χ4v) is 3.18. The van der Waals surface area contributed by atoms with E-state index < -0.39 is 0 Å². The van der Waals surface area contributed by atoms with E-state index in [2.05, 4.69) is 32.2 Å². The molecular formula is C13H16ClNS. The van der Waals surface area contributed by atoms with Gasteiger partial charge in [-0.25, -0.2) is 0 Å². The number of nitrogens with one attached hydrogen (secondary N) is 1. The normalized spacial score (nSPS) is 11.6. The first-order valence-corrected chi connectivity index (χ1v) is 6.69. The molecule has 0 fully saturated rings. The number of aryl methyl sites for hydroxylation is 1. The van der Waals surface area contributed by atoms with E-state index in [1.165, 1.54) is 20.5 Å². The number of fused-ring (bicyclic) bond motifs is 1. The number of halogens is 1. The second-order valence-electron chi connectivity index (χ2n) is 4.30. The molecule has 1 aromatic heterocycles. The lowest BCUT2D eigenvalue weighted by Gasteiger charge is -2.06. The van der Waals surface area contributed by atoms with Crippen LogP contribution in [0.15, 0.2) is 18.2 Å². The molecule has 0 bridgehead atoms. The molecule has 1 nitrogen and oxygen atoms in total. The first-order chi connectivity index (χ1) is 7.59. The van der Waals surface area contributed by atoms with E-state index >= 15 is 0 Å². The lowest BCUT2D eigenvalue weighted by atomic mass is 10.1. The number of thiophene rings is 1. The molecule has 86 valence electrons. The van der Waals surface area contributed by atoms with Crippen molar-refractivity contribution in [1.29, 1.82) is 0 Å². The Morgan fingerprint density at radius 1 is 1.38 bits per heavy atom. The molecule has 3 heteroatoms. The number of hydrogen-bond donors (Lipinski definition) is 1. The summed E-state index contributed by atoms with van der Waals surface area (Å²) in [6.45, 7) is 7.43. The van der Waals surface area contributed by atoms with Crippen LogP contribution in [-0.2, 0) is 6.54 Å². The van der Waals surface area contributed by atoms with Gasteiger partial charge < -0.3 is 5.32 Å². The Morgan fingerprint density at radius 2 is 2.12 bits per heavy atom. The van der Waals surface area contributed by atoms with Crippen LogP contribution >= 0.6 is 22.9 Å². The Hall–Kier alpha value is -0.570. The molecule has 2 aromatic rings. The summed E-state index contributed by atoms with van der Waals surface area (Å²) < 4.78 is 1.21. The zero-order valence-corrected chi connectivity index (χ0v) is 11.4. The highest BCUT2D eigenvalue weighted by Gasteiger charge is 2.10. The summed E-state index contributed by atoms with van der Waals surface area (Å²) in [6, 6.07) is 6.63. The van der Waals surface area contributed by atoms with Crippen molar-refractivity contribution in [2.45, 2.75) is 33.4 Å². The monoisotopic (exact) mass is 253 g/mol. The minimum absolute atomic E-state index is 0.514. The van der Waals surface area contributed by atoms with Crippen molar-refractivity contribution in [2.75, 3.05) is 0 Å². The number of benzene rings is 1. The van der Waals surface area contributed by atoms with Gasteiger partial charge in [0.25, 0.3) is 0 Å². The van der Waals surface area contributed by atoms with Crippen LogP contribution in [0.5, 0.6) is 0 Å². The summed E-state index contributed by atoms with van der Waals surface area (Å²) in [4.78, 5) is 1.39. The van der Waals surface area contributed by atoms with E-state index in [1.54, 1.807) is 11.3 Å². The fourth-order valence-electron chi connectivity index (χ4n) is 1.72. The molecule has 0 aliphatic rings. The number of hydrogen-bond acceptors (Lipinski definition) is 2. The molecule has 0 aliphatic heterocycles. The van der Waals surface area contributed by atoms with E-state index in [-0.39, 0.29) is 0 Å². The third-order valence-electron chi connectivity index (χ3n) is 2.69. The Kier molecular flexibility index (Phi) is 3.53. The molecule has 0 radical (unpaired) electrons. The quantitative estimate of drug-likeness (QED) is 0.857. The van der Waals surface area contributed by atoms with Crippen LogP contribution in [0.3, 0.4) is 0 Å². The van der Waals surface area contributed by atoms with Gasteiger partial charge in [-0.3, -0.25) is 0 Å². The lowest BCUT2D eigenvalue weighted by molar-refractivity contribution is 0.592. The highest BCUT2D eigenvalue weighted by atomic mass is 35.5. The van der Waals surface area contributed by atoms with Crippen LogP contribution in [0.1, 0.15) is 24.3 Å². The maximum absolute atomic E-state index is 6.20. The molecule has 1 heterocycles. The highest BCUT2D eigenvalue weighted by Crippen LogP contribution is 2.35. The van der Waals surface area contributed by atoms with Gasteiger partial charge in [0.15, 0.2) is 0 Å². The summed E-state index contributed by atoms with van der Waals surface area (Å²) in [5.41, 5.74) is 1.36. The second-order valence-corrected chi connectivity index (χ2v) is 5.81. The first-order valence-electron chi connectivity index (χ1n) is 5.49. The van der Waals surface area contributed by atoms with Crippen molar-refractivity contribution < 1.29 is 0 Å². The SMILES string of the molecule is Cc1c(CNC(C)C)sc2c(Cl)cccc12. The average molecular weight is 254 g/mol. The molecule has 0 unspecified atom stereocenters. The summed E-state index contributed by atoms with van der Waals surface area (Å²) in [7, 11) is 0. The molecule has 2 rings (SSSR count). The molecule has 1 N–H and O–H groups in total. The molecule has 0 spiro atoms. The van der Waals surface area contributed by atoms with Crippen molar-refractivity contribution >= 4 is 33.0 Å². The summed E-state index contributed by atoms with van der Waals surface area (Å²) in [5.74, 6) is 0.